The van der Waals surface area contributed by atoms with Gasteiger partial charge in [-0.1, -0.05) is 35.5 Å². The van der Waals surface area contributed by atoms with E-state index in [2.05, 4.69) is 10.9 Å². The van der Waals surface area contributed by atoms with Crippen LogP contribution in [-0.4, -0.2) is 10.5 Å². The molecule has 2 heterocycles. The number of aromatic nitrogens is 1. The van der Waals surface area contributed by atoms with Crippen molar-refractivity contribution in [2.24, 2.45) is 4.99 Å². The maximum Gasteiger partial charge on any atom is 0.286 e. The predicted octanol–water partition coefficient (Wildman–Crippen LogP) is 3.49. The third-order valence-corrected chi connectivity index (χ3v) is 5.24. The minimum absolute atomic E-state index is 0.102. The molecule has 5 nitrogen and oxygen atoms in total. The molecular weight excluding hydrogens is 360 g/mol. The summed E-state index contributed by atoms with van der Waals surface area (Å²) in [6.45, 7) is 2.27. The molecular formula is C21H14N2O3S. The molecule has 0 unspecified atom stereocenters. The molecule has 0 N–H and O–H groups in total. The van der Waals surface area contributed by atoms with Gasteiger partial charge in [-0.15, -0.1) is 6.42 Å². The summed E-state index contributed by atoms with van der Waals surface area (Å²) in [5.74, 6) is 1.93. The van der Waals surface area contributed by atoms with Gasteiger partial charge in [0.05, 0.1) is 22.1 Å². The quantitative estimate of drug-likeness (QED) is 0.505. The molecule has 2 aromatic heterocycles. The summed E-state index contributed by atoms with van der Waals surface area (Å²) in [6.07, 6.45) is 6.65. The lowest BCUT2D eigenvalue weighted by Gasteiger charge is -2.00. The topological polar surface area (TPSA) is 64.6 Å². The molecule has 132 valence electrons. The van der Waals surface area contributed by atoms with Crippen LogP contribution in [0.25, 0.3) is 21.2 Å². The summed E-state index contributed by atoms with van der Waals surface area (Å²) in [5, 5.41) is 0.349. The fourth-order valence-electron chi connectivity index (χ4n) is 2.88. The zero-order valence-corrected chi connectivity index (χ0v) is 15.2. The number of amides is 1. The minimum atomic E-state index is -0.649. The standard InChI is InChI=1S/C21H14N2O3S/c1-3-10-23-16-9-8-13(2)11-18(16)27-21(23)22-20(25)15-12-26-17-7-5-4-6-14(17)19(15)24/h1,4-9,11-12H,10H2,2H3. The molecule has 0 saturated carbocycles. The number of terminal acetylenes is 1. The van der Waals surface area contributed by atoms with E-state index in [-0.39, 0.29) is 12.1 Å². The number of hydrogen-bond donors (Lipinski definition) is 0. The predicted molar refractivity (Wildman–Crippen MR) is 106 cm³/mol. The van der Waals surface area contributed by atoms with Crippen molar-refractivity contribution < 1.29 is 9.21 Å². The second-order valence-corrected chi connectivity index (χ2v) is 7.05. The van der Waals surface area contributed by atoms with Gasteiger partial charge in [0.1, 0.15) is 17.4 Å². The SMILES string of the molecule is C#CCn1c(=NC(=O)c2coc3ccccc3c2=O)sc2cc(C)ccc21. The molecule has 0 atom stereocenters. The van der Waals surface area contributed by atoms with Crippen LogP contribution in [0.15, 0.2) is 62.9 Å². The normalized spacial score (nSPS) is 11.8. The van der Waals surface area contributed by atoms with Crippen molar-refractivity contribution in [3.63, 3.8) is 0 Å². The summed E-state index contributed by atoms with van der Waals surface area (Å²) < 4.78 is 8.18. The van der Waals surface area contributed by atoms with Crippen LogP contribution in [0.1, 0.15) is 15.9 Å². The van der Waals surface area contributed by atoms with E-state index in [1.54, 1.807) is 28.8 Å². The highest BCUT2D eigenvalue weighted by Gasteiger charge is 2.15. The number of carbonyl (C=O) groups is 1. The lowest BCUT2D eigenvalue weighted by molar-refractivity contribution is 0.0995. The maximum atomic E-state index is 12.7. The molecule has 27 heavy (non-hydrogen) atoms. The number of thiazole rings is 1. The van der Waals surface area contributed by atoms with Crippen molar-refractivity contribution in [2.45, 2.75) is 13.5 Å². The Kier molecular flexibility index (Phi) is 4.22. The second-order valence-electron chi connectivity index (χ2n) is 6.04. The van der Waals surface area contributed by atoms with Gasteiger partial charge in [0, 0.05) is 0 Å². The molecule has 4 rings (SSSR count). The summed E-state index contributed by atoms with van der Waals surface area (Å²) >= 11 is 1.36. The van der Waals surface area contributed by atoms with E-state index in [0.29, 0.717) is 15.8 Å². The van der Waals surface area contributed by atoms with E-state index in [9.17, 15) is 9.59 Å². The van der Waals surface area contributed by atoms with E-state index >= 15 is 0 Å². The van der Waals surface area contributed by atoms with Crippen molar-refractivity contribution in [2.75, 3.05) is 0 Å². The van der Waals surface area contributed by atoms with Crippen LogP contribution in [-0.2, 0) is 6.54 Å². The molecule has 2 aromatic carbocycles. The molecule has 0 aliphatic rings. The lowest BCUT2D eigenvalue weighted by Crippen LogP contribution is -2.19. The Balaban J connectivity index is 1.90. The van der Waals surface area contributed by atoms with Gasteiger partial charge in [0.15, 0.2) is 4.80 Å². The molecule has 0 bridgehead atoms. The van der Waals surface area contributed by atoms with E-state index in [4.69, 9.17) is 10.8 Å². The number of aryl methyl sites for hydroxylation is 1. The number of carbonyl (C=O) groups excluding carboxylic acids is 1. The van der Waals surface area contributed by atoms with Crippen LogP contribution < -0.4 is 10.2 Å². The highest BCUT2D eigenvalue weighted by Crippen LogP contribution is 2.19. The van der Waals surface area contributed by atoms with Crippen molar-refractivity contribution in [1.29, 1.82) is 0 Å². The van der Waals surface area contributed by atoms with Gasteiger partial charge in [0.25, 0.3) is 5.91 Å². The molecule has 0 spiro atoms. The zero-order valence-electron chi connectivity index (χ0n) is 14.4. The van der Waals surface area contributed by atoms with Crippen molar-refractivity contribution >= 4 is 38.4 Å². The highest BCUT2D eigenvalue weighted by molar-refractivity contribution is 7.16. The number of hydrogen-bond acceptors (Lipinski definition) is 4. The first-order chi connectivity index (χ1) is 13.1. The average Bonchev–Trinajstić information content (AvgIpc) is 2.98. The smallest absolute Gasteiger partial charge is 0.286 e. The molecule has 0 aliphatic carbocycles. The first-order valence-electron chi connectivity index (χ1n) is 8.21. The van der Waals surface area contributed by atoms with E-state index in [0.717, 1.165) is 15.8 Å². The number of rotatable bonds is 2. The Bertz CT molecular complexity index is 1370. The Morgan fingerprint density at radius 3 is 2.93 bits per heavy atom. The number of para-hydroxylation sites is 1. The minimum Gasteiger partial charge on any atom is -0.463 e. The summed E-state index contributed by atoms with van der Waals surface area (Å²) in [5.41, 5.74) is 1.93. The van der Waals surface area contributed by atoms with Gasteiger partial charge >= 0.3 is 0 Å². The fourth-order valence-corrected chi connectivity index (χ4v) is 4.01. The van der Waals surface area contributed by atoms with Gasteiger partial charge in [-0.3, -0.25) is 9.59 Å². The number of nitrogens with zero attached hydrogens (tertiary/aromatic N) is 2. The van der Waals surface area contributed by atoms with E-state index < -0.39 is 11.3 Å². The largest absolute Gasteiger partial charge is 0.463 e. The van der Waals surface area contributed by atoms with Crippen LogP contribution in [0, 0.1) is 19.3 Å². The Labute approximate surface area is 158 Å². The van der Waals surface area contributed by atoms with Gasteiger partial charge in [-0.2, -0.15) is 4.99 Å². The summed E-state index contributed by atoms with van der Waals surface area (Å²) in [6, 6.07) is 12.7. The van der Waals surface area contributed by atoms with Crippen LogP contribution in [0.3, 0.4) is 0 Å². The van der Waals surface area contributed by atoms with Crippen LogP contribution >= 0.6 is 11.3 Å². The number of fused-ring (bicyclic) bond motifs is 2. The molecule has 0 saturated heterocycles. The second kappa shape index (κ2) is 6.71. The molecule has 0 aliphatic heterocycles. The van der Waals surface area contributed by atoms with Crippen LogP contribution in [0.5, 0.6) is 0 Å². The van der Waals surface area contributed by atoms with Gasteiger partial charge in [-0.05, 0) is 36.8 Å². The monoisotopic (exact) mass is 374 g/mol. The van der Waals surface area contributed by atoms with Gasteiger partial charge in [0.2, 0.25) is 5.43 Å². The van der Waals surface area contributed by atoms with E-state index in [1.807, 2.05) is 25.1 Å². The number of benzene rings is 2. The Hall–Kier alpha value is -3.43. The third kappa shape index (κ3) is 2.98. The van der Waals surface area contributed by atoms with Gasteiger partial charge < -0.3 is 8.98 Å². The highest BCUT2D eigenvalue weighted by atomic mass is 32.1. The van der Waals surface area contributed by atoms with E-state index in [1.165, 1.54) is 17.6 Å². The van der Waals surface area contributed by atoms with Crippen molar-refractivity contribution in [3.05, 3.63) is 74.9 Å². The van der Waals surface area contributed by atoms with Crippen molar-refractivity contribution in [1.82, 2.24) is 4.57 Å². The average molecular weight is 374 g/mol. The third-order valence-electron chi connectivity index (χ3n) is 4.20. The lowest BCUT2D eigenvalue weighted by atomic mass is 10.2. The molecule has 1 amide bonds. The fraction of sp³-hybridized carbons (Fsp3) is 0.0952. The summed E-state index contributed by atoms with van der Waals surface area (Å²) in [7, 11) is 0. The zero-order chi connectivity index (χ0) is 19.0. The molecule has 0 fully saturated rings. The van der Waals surface area contributed by atoms with Crippen molar-refractivity contribution in [3.8, 4) is 12.3 Å². The summed E-state index contributed by atoms with van der Waals surface area (Å²) in [4.78, 5) is 29.9. The Morgan fingerprint density at radius 1 is 1.30 bits per heavy atom. The van der Waals surface area contributed by atoms with Crippen LogP contribution in [0.2, 0.25) is 0 Å². The van der Waals surface area contributed by atoms with Gasteiger partial charge in [-0.25, -0.2) is 0 Å². The molecule has 6 heteroatoms. The Morgan fingerprint density at radius 2 is 2.11 bits per heavy atom. The molecule has 4 aromatic rings. The molecule has 0 radical (unpaired) electrons. The maximum absolute atomic E-state index is 12.7. The van der Waals surface area contributed by atoms with Crippen LogP contribution in [0.4, 0.5) is 0 Å². The first-order valence-corrected chi connectivity index (χ1v) is 9.03. The first kappa shape index (κ1) is 17.0.